The summed E-state index contributed by atoms with van der Waals surface area (Å²) in [6.45, 7) is 0. The minimum absolute atomic E-state index is 0.501. The van der Waals surface area contributed by atoms with Crippen LogP contribution >= 0.6 is 34.8 Å². The molecule has 0 saturated carbocycles. The topological polar surface area (TPSA) is 36.3 Å². The van der Waals surface area contributed by atoms with Crippen LogP contribution in [-0.4, -0.2) is 24.0 Å². The molecule has 0 fully saturated rings. The number of hydrogen-bond acceptors (Lipinski definition) is 3. The number of halogens is 3. The van der Waals surface area contributed by atoms with Crippen molar-refractivity contribution < 1.29 is 9.47 Å². The molecule has 1 heterocycles. The van der Waals surface area contributed by atoms with Crippen molar-refractivity contribution in [2.45, 2.75) is 0 Å². The molecule has 0 amide bonds. The van der Waals surface area contributed by atoms with Crippen molar-refractivity contribution in [1.82, 2.24) is 9.78 Å². The normalized spacial score (nSPS) is 10.8. The Morgan fingerprint density at radius 2 is 1.30 bits per heavy atom. The molecule has 0 bridgehead atoms. The summed E-state index contributed by atoms with van der Waals surface area (Å²) < 4.78 is 12.2. The van der Waals surface area contributed by atoms with Crippen LogP contribution in [0.15, 0.2) is 66.7 Å². The molecule has 152 valence electrons. The fourth-order valence-electron chi connectivity index (χ4n) is 3.15. The molecule has 0 unspecified atom stereocenters. The Morgan fingerprint density at radius 3 is 1.87 bits per heavy atom. The fourth-order valence-corrected chi connectivity index (χ4v) is 3.85. The van der Waals surface area contributed by atoms with Gasteiger partial charge in [-0.15, -0.1) is 0 Å². The lowest BCUT2D eigenvalue weighted by Crippen LogP contribution is -2.00. The van der Waals surface area contributed by atoms with Crippen LogP contribution < -0.4 is 9.47 Å². The average Bonchev–Trinajstić information content (AvgIpc) is 3.12. The van der Waals surface area contributed by atoms with Gasteiger partial charge in [-0.25, -0.2) is 4.68 Å². The minimum atomic E-state index is 0.501. The second-order valence-electron chi connectivity index (χ2n) is 6.48. The lowest BCUT2D eigenvalue weighted by atomic mass is 10.1. The highest BCUT2D eigenvalue weighted by atomic mass is 35.5. The number of ether oxygens (including phenoxy) is 2. The second-order valence-corrected chi connectivity index (χ2v) is 7.70. The summed E-state index contributed by atoms with van der Waals surface area (Å²) in [7, 11) is 3.25. The maximum absolute atomic E-state index is 6.87. The van der Waals surface area contributed by atoms with Gasteiger partial charge in [0.1, 0.15) is 17.2 Å². The molecule has 7 heteroatoms. The van der Waals surface area contributed by atoms with Crippen molar-refractivity contribution >= 4 is 34.8 Å². The third-order valence-corrected chi connectivity index (χ3v) is 5.60. The maximum Gasteiger partial charge on any atom is 0.118 e. The number of methoxy groups -OCH3 is 2. The third-order valence-electron chi connectivity index (χ3n) is 4.69. The Hall–Kier alpha value is -2.66. The highest BCUT2D eigenvalue weighted by Gasteiger charge is 2.22. The van der Waals surface area contributed by atoms with Crippen molar-refractivity contribution in [3.8, 4) is 39.7 Å². The van der Waals surface area contributed by atoms with E-state index < -0.39 is 0 Å². The van der Waals surface area contributed by atoms with E-state index in [1.165, 1.54) is 0 Å². The lowest BCUT2D eigenvalue weighted by Gasteiger charge is -2.11. The molecule has 0 saturated heterocycles. The molecule has 30 heavy (non-hydrogen) atoms. The Morgan fingerprint density at radius 1 is 0.733 bits per heavy atom. The monoisotopic (exact) mass is 458 g/mol. The fraction of sp³-hybridized carbons (Fsp3) is 0.0870. The van der Waals surface area contributed by atoms with E-state index in [1.807, 2.05) is 48.5 Å². The van der Waals surface area contributed by atoms with Crippen LogP contribution in [0.3, 0.4) is 0 Å². The van der Waals surface area contributed by atoms with Crippen LogP contribution in [0.5, 0.6) is 11.5 Å². The van der Waals surface area contributed by atoms with Gasteiger partial charge in [-0.1, -0.05) is 34.8 Å². The Labute approximate surface area is 189 Å². The largest absolute Gasteiger partial charge is 0.497 e. The standard InChI is InChI=1S/C23H17Cl3N2O2/c1-29-17-8-3-14(4-9-17)22-21(26)23(15-5-10-18(30-2)11-6-15)28(27-22)20-13-16(24)7-12-19(20)25/h3-13H,1-2H3. The Kier molecular flexibility index (Phi) is 5.91. The number of hydrogen-bond donors (Lipinski definition) is 0. The van der Waals surface area contributed by atoms with Crippen molar-refractivity contribution in [2.75, 3.05) is 14.2 Å². The second kappa shape index (κ2) is 8.60. The Bertz CT molecular complexity index is 1190. The van der Waals surface area contributed by atoms with Gasteiger partial charge in [0.25, 0.3) is 0 Å². The predicted octanol–water partition coefficient (Wildman–Crippen LogP) is 7.18. The summed E-state index contributed by atoms with van der Waals surface area (Å²) in [6, 6.07) is 20.4. The SMILES string of the molecule is COc1ccc(-c2nn(-c3cc(Cl)ccc3Cl)c(-c3ccc(OC)cc3)c2Cl)cc1. The molecule has 0 radical (unpaired) electrons. The van der Waals surface area contributed by atoms with Crippen LogP contribution in [0.1, 0.15) is 0 Å². The first kappa shape index (κ1) is 20.6. The van der Waals surface area contributed by atoms with Crippen molar-refractivity contribution in [3.05, 3.63) is 81.8 Å². The van der Waals surface area contributed by atoms with Crippen molar-refractivity contribution in [1.29, 1.82) is 0 Å². The van der Waals surface area contributed by atoms with Crippen LogP contribution in [0, 0.1) is 0 Å². The Balaban J connectivity index is 1.95. The summed E-state index contributed by atoms with van der Waals surface area (Å²) >= 11 is 19.6. The van der Waals surface area contributed by atoms with Gasteiger partial charge in [-0.3, -0.25) is 0 Å². The summed E-state index contributed by atoms with van der Waals surface area (Å²) in [5, 5.41) is 6.36. The molecule has 0 spiro atoms. The van der Waals surface area contributed by atoms with Gasteiger partial charge in [0.2, 0.25) is 0 Å². The van der Waals surface area contributed by atoms with Crippen LogP contribution in [0.2, 0.25) is 15.1 Å². The summed E-state index contributed by atoms with van der Waals surface area (Å²) in [5.74, 6) is 1.50. The number of nitrogens with zero attached hydrogens (tertiary/aromatic N) is 2. The lowest BCUT2D eigenvalue weighted by molar-refractivity contribution is 0.414. The van der Waals surface area contributed by atoms with Gasteiger partial charge in [0.15, 0.2) is 0 Å². The van der Waals surface area contributed by atoms with Gasteiger partial charge >= 0.3 is 0 Å². The number of rotatable bonds is 5. The predicted molar refractivity (Wildman–Crippen MR) is 123 cm³/mol. The van der Waals surface area contributed by atoms with Gasteiger partial charge in [-0.05, 0) is 66.7 Å². The molecule has 4 nitrogen and oxygen atoms in total. The summed E-state index contributed by atoms with van der Waals surface area (Å²) in [5.41, 5.74) is 3.68. The molecule has 0 aliphatic heterocycles. The molecule has 0 aliphatic rings. The van der Waals surface area contributed by atoms with Gasteiger partial charge in [0, 0.05) is 16.1 Å². The van der Waals surface area contributed by atoms with E-state index in [0.29, 0.717) is 32.1 Å². The van der Waals surface area contributed by atoms with E-state index in [9.17, 15) is 0 Å². The summed E-state index contributed by atoms with van der Waals surface area (Å²) in [6.07, 6.45) is 0. The third kappa shape index (κ3) is 3.86. The first-order valence-corrected chi connectivity index (χ1v) is 10.2. The molecule has 0 atom stereocenters. The minimum Gasteiger partial charge on any atom is -0.497 e. The van der Waals surface area contributed by atoms with E-state index in [0.717, 1.165) is 22.6 Å². The van der Waals surface area contributed by atoms with Gasteiger partial charge in [0.05, 0.1) is 35.6 Å². The smallest absolute Gasteiger partial charge is 0.118 e. The molecule has 4 aromatic rings. The molecule has 0 N–H and O–H groups in total. The van der Waals surface area contributed by atoms with Crippen molar-refractivity contribution in [3.63, 3.8) is 0 Å². The molecular formula is C23H17Cl3N2O2. The van der Waals surface area contributed by atoms with Crippen LogP contribution in [-0.2, 0) is 0 Å². The van der Waals surface area contributed by atoms with Gasteiger partial charge < -0.3 is 9.47 Å². The highest BCUT2D eigenvalue weighted by Crippen LogP contribution is 2.40. The molecular weight excluding hydrogens is 443 g/mol. The van der Waals surface area contributed by atoms with Crippen LogP contribution in [0.25, 0.3) is 28.2 Å². The molecule has 3 aromatic carbocycles. The van der Waals surface area contributed by atoms with Gasteiger partial charge in [-0.2, -0.15) is 5.10 Å². The van der Waals surface area contributed by atoms with Crippen molar-refractivity contribution in [2.24, 2.45) is 0 Å². The van der Waals surface area contributed by atoms with E-state index in [1.54, 1.807) is 37.1 Å². The maximum atomic E-state index is 6.87. The zero-order valence-corrected chi connectivity index (χ0v) is 18.5. The first-order chi connectivity index (χ1) is 14.5. The molecule has 4 rings (SSSR count). The summed E-state index contributed by atoms with van der Waals surface area (Å²) in [4.78, 5) is 0. The van der Waals surface area contributed by atoms with E-state index in [4.69, 9.17) is 49.4 Å². The zero-order valence-electron chi connectivity index (χ0n) is 16.2. The average molecular weight is 460 g/mol. The molecule has 0 aliphatic carbocycles. The van der Waals surface area contributed by atoms with Crippen LogP contribution in [0.4, 0.5) is 0 Å². The van der Waals surface area contributed by atoms with E-state index in [2.05, 4.69) is 0 Å². The zero-order chi connectivity index (χ0) is 21.3. The molecule has 1 aromatic heterocycles. The number of aromatic nitrogens is 2. The van der Waals surface area contributed by atoms with E-state index in [-0.39, 0.29) is 0 Å². The van der Waals surface area contributed by atoms with E-state index >= 15 is 0 Å². The number of benzene rings is 3. The quantitative estimate of drug-likeness (QED) is 0.317. The first-order valence-electron chi connectivity index (χ1n) is 9.04. The highest BCUT2D eigenvalue weighted by molar-refractivity contribution is 6.36.